The van der Waals surface area contributed by atoms with Gasteiger partial charge in [0, 0.05) is 11.8 Å². The largest absolute Gasteiger partial charge is 0.494 e. The van der Waals surface area contributed by atoms with E-state index in [9.17, 15) is 8.42 Å². The molecule has 0 amide bonds. The highest BCUT2D eigenvalue weighted by atomic mass is 79.9. The van der Waals surface area contributed by atoms with E-state index in [1.165, 1.54) is 6.26 Å². The highest BCUT2D eigenvalue weighted by Crippen LogP contribution is 2.33. The van der Waals surface area contributed by atoms with Crippen molar-refractivity contribution in [1.82, 2.24) is 0 Å². The molecule has 0 radical (unpaired) electrons. The summed E-state index contributed by atoms with van der Waals surface area (Å²) in [5.74, 6) is 0.805. The molecule has 1 aromatic carbocycles. The predicted octanol–water partition coefficient (Wildman–Crippen LogP) is 2.87. The van der Waals surface area contributed by atoms with Crippen LogP contribution in [-0.4, -0.2) is 27.0 Å². The van der Waals surface area contributed by atoms with E-state index in [0.29, 0.717) is 6.61 Å². The third kappa shape index (κ3) is 4.68. The van der Waals surface area contributed by atoms with Crippen LogP contribution in [0.1, 0.15) is 22.9 Å². The van der Waals surface area contributed by atoms with Crippen molar-refractivity contribution >= 4 is 25.8 Å². The fourth-order valence-electron chi connectivity index (χ4n) is 1.56. The molecule has 3 nitrogen and oxygen atoms in total. The second-order valence-electron chi connectivity index (χ2n) is 4.03. The Bertz CT molecular complexity index is 483. The van der Waals surface area contributed by atoms with Gasteiger partial charge in [0.25, 0.3) is 0 Å². The molecule has 0 spiro atoms. The summed E-state index contributed by atoms with van der Waals surface area (Å²) < 4.78 is 28.1. The number of alkyl halides is 1. The van der Waals surface area contributed by atoms with Crippen molar-refractivity contribution in [1.29, 1.82) is 0 Å². The summed E-state index contributed by atoms with van der Waals surface area (Å²) in [5.41, 5.74) is 1.97. The molecule has 0 aliphatic rings. The lowest BCUT2D eigenvalue weighted by Gasteiger charge is -2.15. The van der Waals surface area contributed by atoms with Gasteiger partial charge in [-0.25, -0.2) is 8.42 Å². The maximum absolute atomic E-state index is 11.3. The van der Waals surface area contributed by atoms with Crippen LogP contribution in [0.4, 0.5) is 0 Å². The van der Waals surface area contributed by atoms with Gasteiger partial charge in [-0.3, -0.25) is 0 Å². The molecule has 0 aliphatic heterocycles. The first-order valence-corrected chi connectivity index (χ1v) is 8.36. The average Bonchev–Trinajstić information content (AvgIpc) is 2.18. The Kier molecular flexibility index (Phi) is 5.01. The normalized spacial score (nSPS) is 13.4. The van der Waals surface area contributed by atoms with Crippen LogP contribution in [0.2, 0.25) is 0 Å². The third-order valence-electron chi connectivity index (χ3n) is 2.25. The zero-order valence-electron chi connectivity index (χ0n) is 10.2. The van der Waals surface area contributed by atoms with E-state index in [1.807, 2.05) is 32.0 Å². The molecule has 0 bridgehead atoms. The lowest BCUT2D eigenvalue weighted by Crippen LogP contribution is -2.10. The van der Waals surface area contributed by atoms with Gasteiger partial charge in [-0.05, 0) is 19.9 Å². The van der Waals surface area contributed by atoms with Crippen molar-refractivity contribution in [3.8, 4) is 5.75 Å². The highest BCUT2D eigenvalue weighted by molar-refractivity contribution is 9.09. The Morgan fingerprint density at radius 2 is 2.06 bits per heavy atom. The SMILES string of the molecule is CCOc1ccc(C)cc1C(Br)CS(C)(=O)=O. The van der Waals surface area contributed by atoms with Gasteiger partial charge < -0.3 is 4.74 Å². The number of ether oxygens (including phenoxy) is 1. The fourth-order valence-corrected chi connectivity index (χ4v) is 4.06. The van der Waals surface area contributed by atoms with Crippen molar-refractivity contribution in [2.24, 2.45) is 0 Å². The highest BCUT2D eigenvalue weighted by Gasteiger charge is 2.18. The topological polar surface area (TPSA) is 43.4 Å². The molecule has 0 saturated carbocycles. The van der Waals surface area contributed by atoms with Gasteiger partial charge in [-0.1, -0.05) is 33.6 Å². The molecule has 0 aliphatic carbocycles. The van der Waals surface area contributed by atoms with Crippen LogP contribution >= 0.6 is 15.9 Å². The number of rotatable bonds is 5. The standard InChI is InChI=1S/C12H17BrO3S/c1-4-16-12-6-5-9(2)7-10(12)11(13)8-17(3,14)15/h5-7,11H,4,8H2,1-3H3. The quantitative estimate of drug-likeness (QED) is 0.783. The van der Waals surface area contributed by atoms with Crippen molar-refractivity contribution in [3.05, 3.63) is 29.3 Å². The smallest absolute Gasteiger partial charge is 0.148 e. The molecular formula is C12H17BrO3S. The second kappa shape index (κ2) is 5.87. The van der Waals surface area contributed by atoms with E-state index in [1.54, 1.807) is 0 Å². The first-order valence-electron chi connectivity index (χ1n) is 5.38. The van der Waals surface area contributed by atoms with Crippen LogP contribution in [0.5, 0.6) is 5.75 Å². The molecule has 0 saturated heterocycles. The summed E-state index contributed by atoms with van der Waals surface area (Å²) in [6.45, 7) is 4.44. The summed E-state index contributed by atoms with van der Waals surface area (Å²) in [5, 5.41) is 0. The average molecular weight is 321 g/mol. The van der Waals surface area contributed by atoms with E-state index >= 15 is 0 Å². The van der Waals surface area contributed by atoms with Crippen molar-refractivity contribution in [2.45, 2.75) is 18.7 Å². The summed E-state index contributed by atoms with van der Waals surface area (Å²) in [7, 11) is -3.02. The van der Waals surface area contributed by atoms with E-state index in [2.05, 4.69) is 15.9 Å². The van der Waals surface area contributed by atoms with Crippen molar-refractivity contribution < 1.29 is 13.2 Å². The number of sulfone groups is 1. The number of halogens is 1. The molecule has 1 aromatic rings. The van der Waals surface area contributed by atoms with E-state index < -0.39 is 9.84 Å². The monoisotopic (exact) mass is 320 g/mol. The molecule has 0 aromatic heterocycles. The fraction of sp³-hybridized carbons (Fsp3) is 0.500. The molecular weight excluding hydrogens is 304 g/mol. The van der Waals surface area contributed by atoms with Crippen LogP contribution in [-0.2, 0) is 9.84 Å². The minimum absolute atomic E-state index is 0.0660. The van der Waals surface area contributed by atoms with Crippen molar-refractivity contribution in [3.63, 3.8) is 0 Å². The van der Waals surface area contributed by atoms with Crippen LogP contribution in [0.3, 0.4) is 0 Å². The summed E-state index contributed by atoms with van der Waals surface area (Å²) in [4.78, 5) is -0.237. The maximum Gasteiger partial charge on any atom is 0.148 e. The molecule has 17 heavy (non-hydrogen) atoms. The molecule has 1 unspecified atom stereocenters. The van der Waals surface area contributed by atoms with Crippen LogP contribution < -0.4 is 4.74 Å². The van der Waals surface area contributed by atoms with Gasteiger partial charge in [-0.2, -0.15) is 0 Å². The first-order chi connectivity index (χ1) is 7.83. The van der Waals surface area contributed by atoms with Gasteiger partial charge in [-0.15, -0.1) is 0 Å². The number of hydrogen-bond acceptors (Lipinski definition) is 3. The van der Waals surface area contributed by atoms with Crippen molar-refractivity contribution in [2.75, 3.05) is 18.6 Å². The maximum atomic E-state index is 11.3. The van der Waals surface area contributed by atoms with Gasteiger partial charge in [0.1, 0.15) is 15.6 Å². The minimum atomic E-state index is -3.02. The number of benzene rings is 1. The molecule has 0 heterocycles. The first kappa shape index (κ1) is 14.5. The summed E-state index contributed by atoms with van der Waals surface area (Å²) in [6, 6.07) is 5.79. The van der Waals surface area contributed by atoms with Gasteiger partial charge >= 0.3 is 0 Å². The molecule has 0 fully saturated rings. The lowest BCUT2D eigenvalue weighted by molar-refractivity contribution is 0.336. The zero-order valence-corrected chi connectivity index (χ0v) is 12.6. The lowest BCUT2D eigenvalue weighted by atomic mass is 10.1. The zero-order chi connectivity index (χ0) is 13.1. The molecule has 1 rings (SSSR count). The molecule has 1 atom stereocenters. The number of aryl methyl sites for hydroxylation is 1. The number of hydrogen-bond donors (Lipinski definition) is 0. The Morgan fingerprint density at radius 1 is 1.41 bits per heavy atom. The van der Waals surface area contributed by atoms with Gasteiger partial charge in [0.05, 0.1) is 17.2 Å². The summed E-state index contributed by atoms with van der Waals surface area (Å²) >= 11 is 3.42. The van der Waals surface area contributed by atoms with Crippen LogP contribution in [0, 0.1) is 6.92 Å². The Morgan fingerprint density at radius 3 is 2.59 bits per heavy atom. The van der Waals surface area contributed by atoms with Gasteiger partial charge in [0.15, 0.2) is 0 Å². The van der Waals surface area contributed by atoms with Gasteiger partial charge in [0.2, 0.25) is 0 Å². The predicted molar refractivity (Wildman–Crippen MR) is 73.7 cm³/mol. The third-order valence-corrected chi connectivity index (χ3v) is 4.44. The minimum Gasteiger partial charge on any atom is -0.494 e. The van der Waals surface area contributed by atoms with E-state index in [4.69, 9.17) is 4.74 Å². The van der Waals surface area contributed by atoms with E-state index in [0.717, 1.165) is 16.9 Å². The Labute approximate surface area is 111 Å². The van der Waals surface area contributed by atoms with E-state index in [-0.39, 0.29) is 10.6 Å². The van der Waals surface area contributed by atoms with Crippen LogP contribution in [0.25, 0.3) is 0 Å². The summed E-state index contributed by atoms with van der Waals surface area (Å²) in [6.07, 6.45) is 1.23. The molecule has 5 heteroatoms. The second-order valence-corrected chi connectivity index (χ2v) is 7.32. The van der Waals surface area contributed by atoms with Crippen LogP contribution in [0.15, 0.2) is 18.2 Å². The Hall–Kier alpha value is -0.550. The molecule has 0 N–H and O–H groups in total. The molecule has 96 valence electrons. The Balaban J connectivity index is 3.05.